The molecule has 1 fully saturated rings. The van der Waals surface area contributed by atoms with E-state index in [0.29, 0.717) is 14.5 Å². The first-order valence-corrected chi connectivity index (χ1v) is 6.12. The Morgan fingerprint density at radius 2 is 2.00 bits per heavy atom. The van der Waals surface area contributed by atoms with Gasteiger partial charge in [-0.2, -0.15) is 0 Å². The Bertz CT molecular complexity index is 418. The maximum absolute atomic E-state index is 13.2. The van der Waals surface area contributed by atoms with Crippen molar-refractivity contribution in [2.24, 2.45) is 0 Å². The normalized spacial score (nSPS) is 15.1. The Morgan fingerprint density at radius 3 is 2.60 bits per heavy atom. The number of hydrogen-bond donors (Lipinski definition) is 1. The first kappa shape index (κ1) is 11.1. The Kier molecular flexibility index (Phi) is 3.11. The highest BCUT2D eigenvalue weighted by Crippen LogP contribution is 2.26. The molecule has 0 saturated heterocycles. The average molecular weight is 337 g/mol. The van der Waals surface area contributed by atoms with Gasteiger partial charge in [0.2, 0.25) is 0 Å². The van der Waals surface area contributed by atoms with E-state index in [1.807, 2.05) is 0 Å². The van der Waals surface area contributed by atoms with Crippen LogP contribution in [-0.2, 0) is 0 Å². The van der Waals surface area contributed by atoms with E-state index in [0.717, 1.165) is 12.8 Å². The zero-order valence-electron chi connectivity index (χ0n) is 7.69. The van der Waals surface area contributed by atoms with Crippen molar-refractivity contribution in [2.45, 2.75) is 18.9 Å². The molecule has 1 aliphatic carbocycles. The van der Waals surface area contributed by atoms with Crippen molar-refractivity contribution < 1.29 is 9.18 Å². The fraction of sp³-hybridized carbons (Fsp3) is 0.300. The lowest BCUT2D eigenvalue weighted by molar-refractivity contribution is 0.0950. The van der Waals surface area contributed by atoms with Crippen LogP contribution >= 0.6 is 31.9 Å². The van der Waals surface area contributed by atoms with Gasteiger partial charge in [0.05, 0.1) is 10.0 Å². The van der Waals surface area contributed by atoms with Crippen LogP contribution in [0, 0.1) is 5.82 Å². The van der Waals surface area contributed by atoms with Crippen molar-refractivity contribution in [1.29, 1.82) is 0 Å². The van der Waals surface area contributed by atoms with Gasteiger partial charge >= 0.3 is 0 Å². The number of amides is 1. The number of benzene rings is 1. The molecule has 0 atom stereocenters. The fourth-order valence-electron chi connectivity index (χ4n) is 1.19. The van der Waals surface area contributed by atoms with Gasteiger partial charge in [0, 0.05) is 10.5 Å². The number of carbonyl (C=O) groups is 1. The Balaban J connectivity index is 2.25. The summed E-state index contributed by atoms with van der Waals surface area (Å²) in [4.78, 5) is 11.7. The van der Waals surface area contributed by atoms with Crippen LogP contribution < -0.4 is 5.32 Å². The second-order valence-electron chi connectivity index (χ2n) is 3.49. The van der Waals surface area contributed by atoms with Crippen LogP contribution in [0.2, 0.25) is 0 Å². The summed E-state index contributed by atoms with van der Waals surface area (Å²) in [5.74, 6) is -0.657. The molecule has 2 nitrogen and oxygen atoms in total. The third-order valence-electron chi connectivity index (χ3n) is 2.17. The first-order chi connectivity index (χ1) is 7.08. The summed E-state index contributed by atoms with van der Waals surface area (Å²) < 4.78 is 14.2. The minimum atomic E-state index is -0.431. The lowest BCUT2D eigenvalue weighted by Gasteiger charge is -2.06. The molecule has 0 aromatic heterocycles. The quantitative estimate of drug-likeness (QED) is 0.825. The van der Waals surface area contributed by atoms with Gasteiger partial charge in [-0.15, -0.1) is 0 Å². The maximum atomic E-state index is 13.2. The van der Waals surface area contributed by atoms with E-state index in [1.165, 1.54) is 12.1 Å². The van der Waals surface area contributed by atoms with Gasteiger partial charge in [0.1, 0.15) is 5.82 Å². The summed E-state index contributed by atoms with van der Waals surface area (Å²) in [5.41, 5.74) is 0.336. The van der Waals surface area contributed by atoms with Gasteiger partial charge in [-0.25, -0.2) is 4.39 Å². The van der Waals surface area contributed by atoms with Gasteiger partial charge < -0.3 is 5.32 Å². The molecule has 80 valence electrons. The lowest BCUT2D eigenvalue weighted by Crippen LogP contribution is -2.25. The van der Waals surface area contributed by atoms with E-state index in [2.05, 4.69) is 37.2 Å². The van der Waals surface area contributed by atoms with Gasteiger partial charge in [0.25, 0.3) is 5.91 Å². The topological polar surface area (TPSA) is 29.1 Å². The molecule has 0 unspecified atom stereocenters. The Morgan fingerprint density at radius 1 is 1.33 bits per heavy atom. The van der Waals surface area contributed by atoms with Crippen LogP contribution in [0.25, 0.3) is 0 Å². The van der Waals surface area contributed by atoms with Crippen LogP contribution in [0.3, 0.4) is 0 Å². The van der Waals surface area contributed by atoms with Crippen LogP contribution in [-0.4, -0.2) is 11.9 Å². The molecule has 0 spiro atoms. The summed E-state index contributed by atoms with van der Waals surface area (Å²) in [6.45, 7) is 0. The largest absolute Gasteiger partial charge is 0.349 e. The van der Waals surface area contributed by atoms with Gasteiger partial charge in [-0.1, -0.05) is 0 Å². The second-order valence-corrected chi connectivity index (χ2v) is 5.20. The van der Waals surface area contributed by atoms with Crippen LogP contribution in [0.1, 0.15) is 23.2 Å². The zero-order valence-corrected chi connectivity index (χ0v) is 10.9. The van der Waals surface area contributed by atoms with E-state index in [1.54, 1.807) is 0 Å². The van der Waals surface area contributed by atoms with Gasteiger partial charge in [-0.05, 0) is 56.8 Å². The Hall–Kier alpha value is -0.420. The summed E-state index contributed by atoms with van der Waals surface area (Å²) >= 11 is 6.29. The molecule has 15 heavy (non-hydrogen) atoms. The van der Waals surface area contributed by atoms with Gasteiger partial charge in [0.15, 0.2) is 0 Å². The smallest absolute Gasteiger partial charge is 0.252 e. The molecule has 0 aliphatic heterocycles. The fourth-order valence-corrected chi connectivity index (χ4v) is 2.36. The van der Waals surface area contributed by atoms with E-state index in [4.69, 9.17) is 0 Å². The molecular weight excluding hydrogens is 329 g/mol. The molecule has 1 aliphatic rings. The summed E-state index contributed by atoms with van der Waals surface area (Å²) in [6, 6.07) is 3.04. The predicted molar refractivity (Wildman–Crippen MR) is 62.3 cm³/mol. The highest BCUT2D eigenvalue weighted by molar-refractivity contribution is 9.11. The summed E-state index contributed by atoms with van der Waals surface area (Å²) in [5, 5.41) is 2.81. The minimum absolute atomic E-state index is 0.226. The lowest BCUT2D eigenvalue weighted by atomic mass is 10.2. The van der Waals surface area contributed by atoms with E-state index >= 15 is 0 Å². The molecule has 1 aromatic rings. The summed E-state index contributed by atoms with van der Waals surface area (Å²) in [6.07, 6.45) is 2.03. The molecule has 0 radical (unpaired) electrons. The van der Waals surface area contributed by atoms with Crippen molar-refractivity contribution in [3.05, 3.63) is 32.5 Å². The van der Waals surface area contributed by atoms with Crippen molar-refractivity contribution in [2.75, 3.05) is 0 Å². The van der Waals surface area contributed by atoms with Crippen molar-refractivity contribution >= 4 is 37.8 Å². The highest BCUT2D eigenvalue weighted by atomic mass is 79.9. The van der Waals surface area contributed by atoms with E-state index in [-0.39, 0.29) is 11.9 Å². The Labute approximate surface area is 103 Å². The van der Waals surface area contributed by atoms with Crippen LogP contribution in [0.15, 0.2) is 21.1 Å². The number of nitrogens with one attached hydrogen (secondary N) is 1. The van der Waals surface area contributed by atoms with E-state index < -0.39 is 5.82 Å². The van der Waals surface area contributed by atoms with Gasteiger partial charge in [-0.3, -0.25) is 4.79 Å². The molecule has 2 rings (SSSR count). The molecule has 0 heterocycles. The standard InChI is InChI=1S/C10H8Br2FNO/c11-7-4-8(12)9(13)3-6(7)10(15)14-5-1-2-5/h3-5H,1-2H2,(H,14,15). The minimum Gasteiger partial charge on any atom is -0.349 e. The third-order valence-corrected chi connectivity index (χ3v) is 3.43. The number of halogens is 3. The van der Waals surface area contributed by atoms with Crippen LogP contribution in [0.4, 0.5) is 4.39 Å². The number of rotatable bonds is 2. The molecule has 5 heteroatoms. The number of hydrogen-bond acceptors (Lipinski definition) is 1. The van der Waals surface area contributed by atoms with E-state index in [9.17, 15) is 9.18 Å². The van der Waals surface area contributed by atoms with Crippen molar-refractivity contribution in [1.82, 2.24) is 5.32 Å². The third kappa shape index (κ3) is 2.58. The predicted octanol–water partition coefficient (Wildman–Crippen LogP) is 3.24. The van der Waals surface area contributed by atoms with Crippen LogP contribution in [0.5, 0.6) is 0 Å². The van der Waals surface area contributed by atoms with Crippen molar-refractivity contribution in [3.8, 4) is 0 Å². The second kappa shape index (κ2) is 4.22. The maximum Gasteiger partial charge on any atom is 0.252 e. The molecule has 1 saturated carbocycles. The molecule has 1 amide bonds. The first-order valence-electron chi connectivity index (χ1n) is 4.53. The molecule has 0 bridgehead atoms. The molecule has 1 aromatic carbocycles. The molecular formula is C10H8Br2FNO. The molecule has 1 N–H and O–H groups in total. The summed E-state index contributed by atoms with van der Waals surface area (Å²) in [7, 11) is 0. The van der Waals surface area contributed by atoms with Crippen molar-refractivity contribution in [3.63, 3.8) is 0 Å². The number of carbonyl (C=O) groups excluding carboxylic acids is 1. The average Bonchev–Trinajstić information content (AvgIpc) is 2.95. The monoisotopic (exact) mass is 335 g/mol. The highest BCUT2D eigenvalue weighted by Gasteiger charge is 2.25. The zero-order chi connectivity index (χ0) is 11.0. The SMILES string of the molecule is O=C(NC1CC1)c1cc(F)c(Br)cc1Br.